The van der Waals surface area contributed by atoms with Crippen molar-refractivity contribution in [1.29, 1.82) is 0 Å². The lowest BCUT2D eigenvalue weighted by Gasteiger charge is -2.29. The molecule has 1 aliphatic heterocycles. The van der Waals surface area contributed by atoms with Crippen LogP contribution in [0.25, 0.3) is 5.69 Å². The zero-order valence-electron chi connectivity index (χ0n) is 27.1. The number of hydrogen-bond donors (Lipinski definition) is 2. The highest BCUT2D eigenvalue weighted by atomic mass is 19.1. The third kappa shape index (κ3) is 7.41. The lowest BCUT2D eigenvalue weighted by molar-refractivity contribution is -0.0206. The van der Waals surface area contributed by atoms with Crippen LogP contribution in [0, 0.1) is 17.6 Å². The second-order valence-electron chi connectivity index (χ2n) is 12.0. The second kappa shape index (κ2) is 14.8. The zero-order chi connectivity index (χ0) is 33.5. The summed E-state index contributed by atoms with van der Waals surface area (Å²) in [6, 6.07) is 19.1. The first kappa shape index (κ1) is 32.9. The molecule has 2 atom stereocenters. The van der Waals surface area contributed by atoms with Gasteiger partial charge in [-0.15, -0.1) is 0 Å². The molecule has 1 fully saturated rings. The first-order chi connectivity index (χ1) is 23.4. The molecule has 0 radical (unpaired) electrons. The Labute approximate surface area is 277 Å². The first-order valence-electron chi connectivity index (χ1n) is 16.3. The van der Waals surface area contributed by atoms with Crippen LogP contribution in [0.1, 0.15) is 44.7 Å². The Hall–Kier alpha value is -5.04. The summed E-state index contributed by atoms with van der Waals surface area (Å²) in [4.78, 5) is 16.8. The number of nitrogens with zero attached hydrogens (tertiary/aromatic N) is 6. The maximum atomic E-state index is 14.9. The molecule has 1 aliphatic rings. The Bertz CT molecular complexity index is 1820. The van der Waals surface area contributed by atoms with E-state index in [4.69, 9.17) is 9.47 Å². The molecule has 2 aromatic heterocycles. The standard InChI is InChI=1S/C35H40F2N8O3/c1-3-29(4-2)45-34(46)44(24-42-45)30-10-6-27(7-11-30)39-15-16-40-28-8-12-31(13-9-28)47-19-25-18-35(48-20-25,21-43-23-38-22-41-43)32-14-5-26(36)17-33(32)37/h5-14,17,22-25,29,39-40H,3-4,15-16,18-21H2,1-2H3/t25-,35+/m1/s1. The van der Waals surface area contributed by atoms with Crippen LogP contribution in [-0.4, -0.2) is 55.4 Å². The van der Waals surface area contributed by atoms with E-state index in [-0.39, 0.29) is 24.2 Å². The van der Waals surface area contributed by atoms with Crippen LogP contribution in [-0.2, 0) is 16.9 Å². The fourth-order valence-electron chi connectivity index (χ4n) is 6.20. The molecule has 6 rings (SSSR count). The van der Waals surface area contributed by atoms with Crippen LogP contribution in [0.15, 0.2) is 90.5 Å². The molecule has 0 unspecified atom stereocenters. The normalized spacial score (nSPS) is 17.6. The minimum atomic E-state index is -1.01. The molecule has 0 spiro atoms. The van der Waals surface area contributed by atoms with Crippen molar-refractivity contribution in [2.75, 3.05) is 36.9 Å². The van der Waals surface area contributed by atoms with E-state index in [0.717, 1.165) is 36.0 Å². The van der Waals surface area contributed by atoms with Gasteiger partial charge in [0.15, 0.2) is 0 Å². The third-order valence-corrected chi connectivity index (χ3v) is 8.77. The number of benzene rings is 3. The molecule has 48 heavy (non-hydrogen) atoms. The first-order valence-corrected chi connectivity index (χ1v) is 16.3. The average molecular weight is 659 g/mol. The van der Waals surface area contributed by atoms with Crippen molar-refractivity contribution < 1.29 is 18.3 Å². The van der Waals surface area contributed by atoms with Crippen LogP contribution in [0.4, 0.5) is 20.2 Å². The minimum Gasteiger partial charge on any atom is -0.493 e. The lowest BCUT2D eigenvalue weighted by atomic mass is 9.87. The van der Waals surface area contributed by atoms with Gasteiger partial charge in [-0.25, -0.2) is 32.5 Å². The number of ether oxygens (including phenoxy) is 2. The van der Waals surface area contributed by atoms with E-state index in [9.17, 15) is 13.6 Å². The molecular weight excluding hydrogens is 618 g/mol. The van der Waals surface area contributed by atoms with Crippen LogP contribution in [0.5, 0.6) is 5.75 Å². The van der Waals surface area contributed by atoms with E-state index < -0.39 is 17.2 Å². The summed E-state index contributed by atoms with van der Waals surface area (Å²) >= 11 is 0. The molecule has 0 aliphatic carbocycles. The molecule has 252 valence electrons. The number of aromatic nitrogens is 6. The monoisotopic (exact) mass is 658 g/mol. The number of anilines is 2. The Kier molecular flexibility index (Phi) is 10.1. The Balaban J connectivity index is 0.965. The SMILES string of the molecule is CCC(CC)n1ncn(-c2ccc(NCCNc3ccc(OC[C@@H]4CO[C@@](Cn5cncn5)(c5ccc(F)cc5F)C4)cc3)cc2)c1=O. The maximum Gasteiger partial charge on any atom is 0.350 e. The van der Waals surface area contributed by atoms with Crippen LogP contribution < -0.4 is 21.1 Å². The number of hydrogen-bond acceptors (Lipinski definition) is 8. The van der Waals surface area contributed by atoms with Crippen LogP contribution in [0.3, 0.4) is 0 Å². The topological polar surface area (TPSA) is 113 Å². The maximum absolute atomic E-state index is 14.9. The summed E-state index contributed by atoms with van der Waals surface area (Å²) in [5.74, 6) is -0.585. The van der Waals surface area contributed by atoms with Gasteiger partial charge >= 0.3 is 5.69 Å². The number of halogens is 2. The fourth-order valence-corrected chi connectivity index (χ4v) is 6.20. The fraction of sp³-hybridized carbons (Fsp3) is 0.371. The summed E-state index contributed by atoms with van der Waals surface area (Å²) in [5.41, 5.74) is 1.83. The van der Waals surface area contributed by atoms with E-state index >= 15 is 0 Å². The molecule has 5 aromatic rings. The largest absolute Gasteiger partial charge is 0.493 e. The molecule has 0 saturated carbocycles. The summed E-state index contributed by atoms with van der Waals surface area (Å²) < 4.78 is 45.6. The summed E-state index contributed by atoms with van der Waals surface area (Å²) in [7, 11) is 0. The Morgan fingerprint density at radius 3 is 2.31 bits per heavy atom. The van der Waals surface area contributed by atoms with Gasteiger partial charge in [-0.05, 0) is 73.9 Å². The van der Waals surface area contributed by atoms with Crippen molar-refractivity contribution in [3.8, 4) is 11.4 Å². The van der Waals surface area contributed by atoms with Gasteiger partial charge in [0.25, 0.3) is 0 Å². The highest BCUT2D eigenvalue weighted by Crippen LogP contribution is 2.42. The molecular formula is C35H40F2N8O3. The Morgan fingerprint density at radius 1 is 0.958 bits per heavy atom. The molecule has 0 bridgehead atoms. The van der Waals surface area contributed by atoms with Crippen LogP contribution in [0.2, 0.25) is 0 Å². The van der Waals surface area contributed by atoms with Crippen LogP contribution >= 0.6 is 0 Å². The highest BCUT2D eigenvalue weighted by molar-refractivity contribution is 5.50. The summed E-state index contributed by atoms with van der Waals surface area (Å²) in [6.45, 7) is 6.50. The number of rotatable bonds is 15. The molecule has 11 nitrogen and oxygen atoms in total. The molecule has 1 saturated heterocycles. The van der Waals surface area contributed by atoms with E-state index in [1.807, 2.05) is 48.5 Å². The predicted octanol–water partition coefficient (Wildman–Crippen LogP) is 5.80. The lowest BCUT2D eigenvalue weighted by Crippen LogP contribution is -2.32. The van der Waals surface area contributed by atoms with Gasteiger partial charge in [0.2, 0.25) is 0 Å². The van der Waals surface area contributed by atoms with Crippen molar-refractivity contribution in [3.63, 3.8) is 0 Å². The smallest absolute Gasteiger partial charge is 0.350 e. The molecule has 3 aromatic carbocycles. The highest BCUT2D eigenvalue weighted by Gasteiger charge is 2.44. The molecule has 13 heteroatoms. The molecule has 2 N–H and O–H groups in total. The van der Waals surface area contributed by atoms with E-state index in [0.29, 0.717) is 44.0 Å². The van der Waals surface area contributed by atoms with Gasteiger partial charge in [0, 0.05) is 42.0 Å². The van der Waals surface area contributed by atoms with Crippen molar-refractivity contribution in [2.45, 2.75) is 51.3 Å². The summed E-state index contributed by atoms with van der Waals surface area (Å²) in [6.07, 6.45) is 6.74. The second-order valence-corrected chi connectivity index (χ2v) is 12.0. The molecule has 3 heterocycles. The quantitative estimate of drug-likeness (QED) is 0.136. The predicted molar refractivity (Wildman–Crippen MR) is 178 cm³/mol. The minimum absolute atomic E-state index is 0.0101. The van der Waals surface area contributed by atoms with E-state index in [2.05, 4.69) is 39.7 Å². The van der Waals surface area contributed by atoms with Gasteiger partial charge in [0.1, 0.15) is 42.0 Å². The van der Waals surface area contributed by atoms with Crippen molar-refractivity contribution >= 4 is 11.4 Å². The van der Waals surface area contributed by atoms with Gasteiger partial charge in [-0.2, -0.15) is 10.2 Å². The summed E-state index contributed by atoms with van der Waals surface area (Å²) in [5, 5.41) is 15.3. The van der Waals surface area contributed by atoms with Gasteiger partial charge in [0.05, 0.1) is 31.5 Å². The van der Waals surface area contributed by atoms with Crippen molar-refractivity contribution in [3.05, 3.63) is 113 Å². The van der Waals surface area contributed by atoms with E-state index in [1.165, 1.54) is 18.5 Å². The number of nitrogens with one attached hydrogen (secondary N) is 2. The van der Waals surface area contributed by atoms with E-state index in [1.54, 1.807) is 26.6 Å². The van der Waals surface area contributed by atoms with Crippen molar-refractivity contribution in [1.82, 2.24) is 29.1 Å². The average Bonchev–Trinajstić information content (AvgIpc) is 3.85. The van der Waals surface area contributed by atoms with Crippen molar-refractivity contribution in [2.24, 2.45) is 5.92 Å². The Morgan fingerprint density at radius 2 is 1.67 bits per heavy atom. The van der Waals surface area contributed by atoms with Gasteiger partial charge < -0.3 is 20.1 Å². The van der Waals surface area contributed by atoms with Gasteiger partial charge in [-0.1, -0.05) is 19.9 Å². The zero-order valence-corrected chi connectivity index (χ0v) is 27.1. The van der Waals surface area contributed by atoms with Gasteiger partial charge in [-0.3, -0.25) is 0 Å². The third-order valence-electron chi connectivity index (χ3n) is 8.77. The molecule has 0 amide bonds.